The summed E-state index contributed by atoms with van der Waals surface area (Å²) in [6, 6.07) is 0. The molecule has 0 aromatic carbocycles. The van der Waals surface area contributed by atoms with Crippen LogP contribution in [0.5, 0.6) is 5.06 Å². The highest BCUT2D eigenvalue weighted by atomic mass is 32.1. The molecule has 0 spiro atoms. The molecule has 1 aliphatic rings. The van der Waals surface area contributed by atoms with E-state index in [4.69, 9.17) is 4.74 Å². The van der Waals surface area contributed by atoms with Gasteiger partial charge in [-0.1, -0.05) is 11.3 Å². The molecule has 6 heteroatoms. The fourth-order valence-corrected chi connectivity index (χ4v) is 2.43. The highest BCUT2D eigenvalue weighted by Crippen LogP contribution is 2.30. The number of carbonyl (C=O) groups is 1. The van der Waals surface area contributed by atoms with Crippen molar-refractivity contribution in [3.63, 3.8) is 0 Å². The van der Waals surface area contributed by atoms with Gasteiger partial charge in [-0.2, -0.15) is 0 Å². The van der Waals surface area contributed by atoms with Crippen molar-refractivity contribution in [2.75, 3.05) is 34.3 Å². The van der Waals surface area contributed by atoms with Crippen LogP contribution < -0.4 is 4.74 Å². The van der Waals surface area contributed by atoms with Crippen LogP contribution >= 0.6 is 11.3 Å². The maximum absolute atomic E-state index is 11.7. The van der Waals surface area contributed by atoms with Crippen LogP contribution in [0.25, 0.3) is 0 Å². The summed E-state index contributed by atoms with van der Waals surface area (Å²) >= 11 is 1.34. The van der Waals surface area contributed by atoms with E-state index in [0.717, 1.165) is 23.8 Å². The predicted molar refractivity (Wildman–Crippen MR) is 62.0 cm³/mol. The van der Waals surface area contributed by atoms with Gasteiger partial charge in [-0.3, -0.25) is 9.69 Å². The molecular formula is C10H15N3O2S. The summed E-state index contributed by atoms with van der Waals surface area (Å²) in [5.41, 5.74) is 0.871. The molecule has 0 saturated carbocycles. The molecule has 0 bridgehead atoms. The summed E-state index contributed by atoms with van der Waals surface area (Å²) in [4.78, 5) is 19.7. The lowest BCUT2D eigenvalue weighted by Gasteiger charge is -2.10. The largest absolute Gasteiger partial charge is 0.481 e. The zero-order valence-corrected chi connectivity index (χ0v) is 10.5. The Morgan fingerprint density at radius 2 is 2.31 bits per heavy atom. The summed E-state index contributed by atoms with van der Waals surface area (Å²) < 4.78 is 5.57. The van der Waals surface area contributed by atoms with E-state index in [1.54, 1.807) is 14.1 Å². The quantitative estimate of drug-likeness (QED) is 0.725. The van der Waals surface area contributed by atoms with Gasteiger partial charge in [-0.05, 0) is 7.05 Å². The second-order valence-corrected chi connectivity index (χ2v) is 5.00. The maximum atomic E-state index is 11.7. The van der Waals surface area contributed by atoms with E-state index in [0.29, 0.717) is 11.6 Å². The molecule has 0 N–H and O–H groups in total. The Hall–Kier alpha value is -1.14. The molecule has 0 fully saturated rings. The van der Waals surface area contributed by atoms with Crippen molar-refractivity contribution < 1.29 is 9.53 Å². The van der Waals surface area contributed by atoms with Crippen LogP contribution in [-0.2, 0) is 6.54 Å². The summed E-state index contributed by atoms with van der Waals surface area (Å²) in [6.45, 7) is 2.29. The third kappa shape index (κ3) is 2.17. The fraction of sp³-hybridized carbons (Fsp3) is 0.600. The van der Waals surface area contributed by atoms with E-state index in [1.807, 2.05) is 7.05 Å². The van der Waals surface area contributed by atoms with Gasteiger partial charge in [0.25, 0.3) is 5.91 Å². The number of amides is 1. The second kappa shape index (κ2) is 4.39. The highest BCUT2D eigenvalue weighted by Gasteiger charge is 2.21. The Labute approximate surface area is 98.6 Å². The number of aromatic nitrogens is 1. The molecular weight excluding hydrogens is 226 g/mol. The van der Waals surface area contributed by atoms with Gasteiger partial charge in [-0.15, -0.1) is 0 Å². The van der Waals surface area contributed by atoms with E-state index >= 15 is 0 Å². The lowest BCUT2D eigenvalue weighted by Crippen LogP contribution is -2.23. The average Bonchev–Trinajstić information content (AvgIpc) is 2.52. The number of fused-ring (bicyclic) bond motifs is 1. The molecule has 0 atom stereocenters. The summed E-state index contributed by atoms with van der Waals surface area (Å²) in [5, 5.41) is 1.29. The van der Waals surface area contributed by atoms with Crippen LogP contribution in [0, 0.1) is 0 Å². The Morgan fingerprint density at radius 1 is 1.56 bits per heavy atom. The molecule has 1 aliphatic heterocycles. The van der Waals surface area contributed by atoms with Crippen molar-refractivity contribution in [1.82, 2.24) is 14.8 Å². The first-order valence-electron chi connectivity index (χ1n) is 5.10. The second-order valence-electron chi connectivity index (χ2n) is 4.04. The van der Waals surface area contributed by atoms with Gasteiger partial charge in [0, 0.05) is 27.2 Å². The van der Waals surface area contributed by atoms with Crippen LogP contribution in [0.2, 0.25) is 0 Å². The van der Waals surface area contributed by atoms with Gasteiger partial charge in [0.2, 0.25) is 0 Å². The summed E-state index contributed by atoms with van der Waals surface area (Å²) in [6.07, 6.45) is 0. The van der Waals surface area contributed by atoms with Gasteiger partial charge in [-0.25, -0.2) is 4.98 Å². The van der Waals surface area contributed by atoms with Gasteiger partial charge in [0.05, 0.1) is 0 Å². The van der Waals surface area contributed by atoms with Crippen LogP contribution in [0.3, 0.4) is 0 Å². The molecule has 1 aromatic heterocycles. The number of hydrogen-bond donors (Lipinski definition) is 0. The van der Waals surface area contributed by atoms with Crippen LogP contribution in [0.1, 0.15) is 15.5 Å². The first-order valence-corrected chi connectivity index (χ1v) is 5.92. The summed E-state index contributed by atoms with van der Waals surface area (Å²) in [5.74, 6) is -0.0654. The first kappa shape index (κ1) is 11.3. The number of nitrogens with zero attached hydrogens (tertiary/aromatic N) is 3. The third-order valence-corrected chi connectivity index (χ3v) is 3.37. The van der Waals surface area contributed by atoms with Crippen molar-refractivity contribution in [3.8, 4) is 5.06 Å². The van der Waals surface area contributed by atoms with Gasteiger partial charge in [0.15, 0.2) is 10.1 Å². The molecule has 2 heterocycles. The fourth-order valence-electron chi connectivity index (χ4n) is 1.46. The molecule has 2 rings (SSSR count). The van der Waals surface area contributed by atoms with Crippen molar-refractivity contribution in [1.29, 1.82) is 0 Å². The van der Waals surface area contributed by atoms with Gasteiger partial charge >= 0.3 is 0 Å². The molecule has 16 heavy (non-hydrogen) atoms. The number of thiazole rings is 1. The Bertz CT molecular complexity index is 403. The number of likely N-dealkylation sites (N-methyl/N-ethyl adjacent to an activating group) is 1. The van der Waals surface area contributed by atoms with Gasteiger partial charge in [0.1, 0.15) is 12.3 Å². The number of hydrogen-bond acceptors (Lipinski definition) is 5. The van der Waals surface area contributed by atoms with Crippen LogP contribution in [0.4, 0.5) is 0 Å². The number of carbonyl (C=O) groups excluding carboxylic acids is 1. The lowest BCUT2D eigenvalue weighted by atomic mass is 10.4. The molecule has 5 nitrogen and oxygen atoms in total. The number of rotatable bonds is 1. The molecule has 1 aromatic rings. The summed E-state index contributed by atoms with van der Waals surface area (Å²) in [7, 11) is 5.47. The Morgan fingerprint density at radius 3 is 3.00 bits per heavy atom. The van der Waals surface area contributed by atoms with Gasteiger partial charge < -0.3 is 9.64 Å². The predicted octanol–water partition coefficient (Wildman–Crippen LogP) is 0.669. The Kier molecular flexibility index (Phi) is 3.11. The van der Waals surface area contributed by atoms with Crippen LogP contribution in [0.15, 0.2) is 0 Å². The Balaban J connectivity index is 2.26. The normalized spacial score (nSPS) is 16.2. The lowest BCUT2D eigenvalue weighted by molar-refractivity contribution is 0.0827. The smallest absolute Gasteiger partial charge is 0.282 e. The van der Waals surface area contributed by atoms with E-state index in [9.17, 15) is 4.79 Å². The minimum Gasteiger partial charge on any atom is -0.481 e. The standard InChI is InChI=1S/C10H15N3O2S/c1-12(2)9(14)8-11-7-6-13(3)4-5-15-10(7)16-8/h4-6H2,1-3H3. The zero-order valence-electron chi connectivity index (χ0n) is 9.69. The molecule has 1 amide bonds. The van der Waals surface area contributed by atoms with Crippen molar-refractivity contribution >= 4 is 17.2 Å². The van der Waals surface area contributed by atoms with E-state index in [1.165, 1.54) is 16.2 Å². The molecule has 0 aliphatic carbocycles. The molecule has 0 unspecified atom stereocenters. The van der Waals surface area contributed by atoms with E-state index in [2.05, 4.69) is 9.88 Å². The minimum atomic E-state index is -0.0654. The van der Waals surface area contributed by atoms with Crippen LogP contribution in [-0.4, -0.2) is 55.0 Å². The molecule has 0 saturated heterocycles. The average molecular weight is 241 g/mol. The highest BCUT2D eigenvalue weighted by molar-refractivity contribution is 7.15. The van der Waals surface area contributed by atoms with Crippen molar-refractivity contribution in [2.24, 2.45) is 0 Å². The first-order chi connectivity index (χ1) is 7.58. The zero-order chi connectivity index (χ0) is 11.7. The number of ether oxygens (including phenoxy) is 1. The maximum Gasteiger partial charge on any atom is 0.282 e. The SMILES string of the molecule is CN1CCOc2sc(C(=O)N(C)C)nc2C1. The molecule has 0 radical (unpaired) electrons. The van der Waals surface area contributed by atoms with Crippen molar-refractivity contribution in [3.05, 3.63) is 10.7 Å². The molecule has 88 valence electrons. The third-order valence-electron chi connectivity index (χ3n) is 2.38. The van der Waals surface area contributed by atoms with Crippen molar-refractivity contribution in [2.45, 2.75) is 6.54 Å². The van der Waals surface area contributed by atoms with E-state index < -0.39 is 0 Å². The minimum absolute atomic E-state index is 0.0654. The topological polar surface area (TPSA) is 45.7 Å². The van der Waals surface area contributed by atoms with E-state index in [-0.39, 0.29) is 5.91 Å². The monoisotopic (exact) mass is 241 g/mol.